The molecule has 25 heavy (non-hydrogen) atoms. The minimum Gasteiger partial charge on any atom is -0.378 e. The van der Waals surface area contributed by atoms with E-state index in [9.17, 15) is 28.5 Å². The van der Waals surface area contributed by atoms with Crippen LogP contribution in [0.25, 0.3) is 0 Å². The largest absolute Gasteiger partial charge is 0.378 e. The molecule has 0 fully saturated rings. The van der Waals surface area contributed by atoms with Crippen LogP contribution in [-0.4, -0.2) is 16.7 Å². The van der Waals surface area contributed by atoms with Crippen molar-refractivity contribution in [3.63, 3.8) is 0 Å². The van der Waals surface area contributed by atoms with E-state index < -0.39 is 39.6 Å². The lowest BCUT2D eigenvalue weighted by Crippen LogP contribution is -2.15. The zero-order valence-electron chi connectivity index (χ0n) is 12.6. The third-order valence-corrected chi connectivity index (χ3v) is 3.36. The highest BCUT2D eigenvalue weighted by atomic mass is 19.1. The fourth-order valence-corrected chi connectivity index (χ4v) is 2.10. The molecule has 0 aliphatic carbocycles. The van der Waals surface area contributed by atoms with E-state index in [4.69, 9.17) is 11.5 Å². The van der Waals surface area contributed by atoms with Crippen molar-refractivity contribution in [2.75, 3.05) is 5.32 Å². The van der Waals surface area contributed by atoms with Crippen LogP contribution in [0, 0.1) is 21.7 Å². The number of carbonyl (C=O) groups is 2. The molecule has 2 amide bonds. The van der Waals surface area contributed by atoms with Crippen molar-refractivity contribution in [3.05, 3.63) is 68.8 Å². The molecule has 0 spiro atoms. The van der Waals surface area contributed by atoms with Crippen molar-refractivity contribution in [1.29, 1.82) is 0 Å². The van der Waals surface area contributed by atoms with Crippen molar-refractivity contribution in [2.45, 2.75) is 6.54 Å². The fraction of sp³-hybridized carbons (Fsp3) is 0.0667. The van der Waals surface area contributed by atoms with Gasteiger partial charge >= 0.3 is 0 Å². The smallest absolute Gasteiger partial charge is 0.275 e. The number of primary amides is 2. The van der Waals surface area contributed by atoms with Crippen LogP contribution in [0.15, 0.2) is 30.3 Å². The minimum atomic E-state index is -1.12. The normalized spacial score (nSPS) is 10.3. The summed E-state index contributed by atoms with van der Waals surface area (Å²) in [5.41, 5.74) is 8.94. The van der Waals surface area contributed by atoms with E-state index in [-0.39, 0.29) is 23.4 Å². The molecular weight excluding hydrogens is 338 g/mol. The maximum absolute atomic E-state index is 13.8. The lowest BCUT2D eigenvalue weighted by molar-refractivity contribution is -0.385. The number of halogens is 2. The number of benzene rings is 2. The topological polar surface area (TPSA) is 141 Å². The first-order valence-electron chi connectivity index (χ1n) is 6.80. The van der Waals surface area contributed by atoms with Gasteiger partial charge in [-0.25, -0.2) is 8.78 Å². The van der Waals surface area contributed by atoms with E-state index in [1.165, 1.54) is 12.1 Å². The number of amides is 2. The first-order valence-corrected chi connectivity index (χ1v) is 6.80. The van der Waals surface area contributed by atoms with Gasteiger partial charge in [0.1, 0.15) is 11.6 Å². The zero-order valence-corrected chi connectivity index (χ0v) is 12.6. The molecule has 2 aromatic rings. The molecule has 0 aliphatic heterocycles. The minimum absolute atomic E-state index is 0.0561. The number of hydrogen-bond acceptors (Lipinski definition) is 5. The Kier molecular flexibility index (Phi) is 4.92. The Hall–Kier alpha value is -3.56. The first-order chi connectivity index (χ1) is 11.7. The molecule has 0 bridgehead atoms. The van der Waals surface area contributed by atoms with Gasteiger partial charge < -0.3 is 16.8 Å². The van der Waals surface area contributed by atoms with E-state index in [2.05, 4.69) is 5.32 Å². The van der Waals surface area contributed by atoms with Gasteiger partial charge in [0.25, 0.3) is 11.6 Å². The van der Waals surface area contributed by atoms with Gasteiger partial charge in [-0.1, -0.05) is 0 Å². The van der Waals surface area contributed by atoms with Crippen molar-refractivity contribution < 1.29 is 23.3 Å². The van der Waals surface area contributed by atoms with Crippen LogP contribution >= 0.6 is 0 Å². The van der Waals surface area contributed by atoms with Crippen LogP contribution in [0.5, 0.6) is 0 Å². The lowest BCUT2D eigenvalue weighted by atomic mass is 10.1. The highest BCUT2D eigenvalue weighted by Gasteiger charge is 2.18. The summed E-state index contributed by atoms with van der Waals surface area (Å²) in [4.78, 5) is 32.6. The predicted molar refractivity (Wildman–Crippen MR) is 83.8 cm³/mol. The number of nitrogens with two attached hydrogens (primary N) is 2. The second-order valence-corrected chi connectivity index (χ2v) is 4.99. The van der Waals surface area contributed by atoms with Gasteiger partial charge in [-0.05, 0) is 18.2 Å². The number of nitro groups is 1. The molecule has 2 rings (SSSR count). The van der Waals surface area contributed by atoms with Crippen LogP contribution in [0.1, 0.15) is 26.3 Å². The predicted octanol–water partition coefficient (Wildman–Crippen LogP) is 1.68. The standard InChI is InChI=1S/C15H12F2N4O4/c16-10-5-11(17)12(4-9(10)15(19)23)20-6-8-2-1-7(14(18)22)3-13(8)21(24)25/h1-5,20H,6H2,(H2,18,22)(H2,19,23). The average Bonchev–Trinajstić information content (AvgIpc) is 2.53. The molecule has 0 radical (unpaired) electrons. The monoisotopic (exact) mass is 350 g/mol. The number of carbonyl (C=O) groups excluding carboxylic acids is 2. The van der Waals surface area contributed by atoms with Crippen molar-refractivity contribution in [3.8, 4) is 0 Å². The van der Waals surface area contributed by atoms with Crippen LogP contribution in [-0.2, 0) is 6.54 Å². The van der Waals surface area contributed by atoms with Crippen LogP contribution in [0.4, 0.5) is 20.2 Å². The quantitative estimate of drug-likeness (QED) is 0.537. The number of hydrogen-bond donors (Lipinski definition) is 3. The Morgan fingerprint density at radius 3 is 2.32 bits per heavy atom. The second-order valence-electron chi connectivity index (χ2n) is 4.99. The number of anilines is 1. The van der Waals surface area contributed by atoms with E-state index in [1.807, 2.05) is 0 Å². The zero-order chi connectivity index (χ0) is 18.7. The third kappa shape index (κ3) is 3.86. The van der Waals surface area contributed by atoms with Gasteiger partial charge in [0.15, 0.2) is 0 Å². The van der Waals surface area contributed by atoms with E-state index in [1.54, 1.807) is 0 Å². The molecule has 0 unspecified atom stereocenters. The summed E-state index contributed by atoms with van der Waals surface area (Å²) in [7, 11) is 0. The molecule has 0 aliphatic rings. The Bertz CT molecular complexity index is 886. The van der Waals surface area contributed by atoms with Crippen LogP contribution < -0.4 is 16.8 Å². The number of nitrogens with zero attached hydrogens (tertiary/aromatic N) is 1. The summed E-state index contributed by atoms with van der Waals surface area (Å²) in [6.07, 6.45) is 0. The van der Waals surface area contributed by atoms with Crippen molar-refractivity contribution in [2.24, 2.45) is 11.5 Å². The molecule has 0 atom stereocenters. The van der Waals surface area contributed by atoms with Crippen molar-refractivity contribution in [1.82, 2.24) is 0 Å². The highest BCUT2D eigenvalue weighted by Crippen LogP contribution is 2.24. The van der Waals surface area contributed by atoms with E-state index in [0.29, 0.717) is 6.07 Å². The molecule has 5 N–H and O–H groups in total. The molecule has 2 aromatic carbocycles. The Morgan fingerprint density at radius 2 is 1.76 bits per heavy atom. The molecule has 0 aromatic heterocycles. The van der Waals surface area contributed by atoms with Crippen LogP contribution in [0.3, 0.4) is 0 Å². The van der Waals surface area contributed by atoms with Gasteiger partial charge in [0.2, 0.25) is 5.91 Å². The SMILES string of the molecule is NC(=O)c1ccc(CNc2cc(C(N)=O)c(F)cc2F)c([N+](=O)[O-])c1. The summed E-state index contributed by atoms with van der Waals surface area (Å²) < 4.78 is 27.2. The highest BCUT2D eigenvalue weighted by molar-refractivity contribution is 5.94. The summed E-state index contributed by atoms with van der Waals surface area (Å²) in [6.45, 7) is -0.226. The van der Waals surface area contributed by atoms with Gasteiger partial charge in [0.05, 0.1) is 16.2 Å². The summed E-state index contributed by atoms with van der Waals surface area (Å²) in [6, 6.07) is 4.91. The van der Waals surface area contributed by atoms with Gasteiger partial charge in [-0.2, -0.15) is 0 Å². The molecule has 0 saturated heterocycles. The summed E-state index contributed by atoms with van der Waals surface area (Å²) in [5, 5.41) is 13.6. The lowest BCUT2D eigenvalue weighted by Gasteiger charge is -2.10. The van der Waals surface area contributed by atoms with E-state index in [0.717, 1.165) is 12.1 Å². The number of nitro benzene ring substituents is 1. The first kappa shape index (κ1) is 17.8. The Balaban J connectivity index is 2.33. The maximum atomic E-state index is 13.8. The van der Waals surface area contributed by atoms with Gasteiger partial charge in [-0.15, -0.1) is 0 Å². The third-order valence-electron chi connectivity index (χ3n) is 3.36. The van der Waals surface area contributed by atoms with Crippen LogP contribution in [0.2, 0.25) is 0 Å². The fourth-order valence-electron chi connectivity index (χ4n) is 2.10. The molecular formula is C15H12F2N4O4. The van der Waals surface area contributed by atoms with Crippen molar-refractivity contribution >= 4 is 23.2 Å². The van der Waals surface area contributed by atoms with Gasteiger partial charge in [0, 0.05) is 29.8 Å². The second kappa shape index (κ2) is 6.91. The average molecular weight is 350 g/mol. The maximum Gasteiger partial charge on any atom is 0.275 e. The summed E-state index contributed by atoms with van der Waals surface area (Å²) >= 11 is 0. The summed E-state index contributed by atoms with van der Waals surface area (Å²) in [5.74, 6) is -4.04. The number of rotatable bonds is 6. The molecule has 0 saturated carbocycles. The molecule has 8 nitrogen and oxygen atoms in total. The number of nitrogens with one attached hydrogen (secondary N) is 1. The molecule has 0 heterocycles. The van der Waals surface area contributed by atoms with Gasteiger partial charge in [-0.3, -0.25) is 19.7 Å². The Morgan fingerprint density at radius 1 is 1.08 bits per heavy atom. The molecule has 10 heteroatoms. The Labute approximate surface area is 139 Å². The van der Waals surface area contributed by atoms with E-state index >= 15 is 0 Å². The molecule has 130 valence electrons.